The molecule has 16 heavy (non-hydrogen) atoms. The van der Waals surface area contributed by atoms with Gasteiger partial charge in [0.25, 0.3) is 0 Å². The first-order valence-corrected chi connectivity index (χ1v) is 6.02. The molecule has 0 spiro atoms. The average molecular weight is 335 g/mol. The summed E-state index contributed by atoms with van der Waals surface area (Å²) in [6, 6.07) is 3.27. The molecule has 2 heterocycles. The standard InChI is InChI=1S/C10H11FIN3O/c11-10-7(12)1-2-8(14-10)15-5-6(4-13)3-9(15)16/h1-2,6H,3-5,13H2. The number of nitrogens with zero attached hydrogens (tertiary/aromatic N) is 2. The third kappa shape index (κ3) is 2.17. The van der Waals surface area contributed by atoms with Gasteiger partial charge in [-0.25, -0.2) is 4.98 Å². The van der Waals surface area contributed by atoms with Crippen LogP contribution in [0.15, 0.2) is 12.1 Å². The number of hydrogen-bond acceptors (Lipinski definition) is 3. The Kier molecular flexibility index (Phi) is 3.38. The Bertz CT molecular complexity index is 427. The highest BCUT2D eigenvalue weighted by Gasteiger charge is 2.30. The van der Waals surface area contributed by atoms with Crippen LogP contribution in [0.1, 0.15) is 6.42 Å². The molecular weight excluding hydrogens is 324 g/mol. The van der Waals surface area contributed by atoms with Crippen LogP contribution in [0.2, 0.25) is 0 Å². The Balaban J connectivity index is 2.24. The summed E-state index contributed by atoms with van der Waals surface area (Å²) >= 11 is 1.86. The van der Waals surface area contributed by atoms with E-state index in [2.05, 4.69) is 4.98 Å². The van der Waals surface area contributed by atoms with Crippen molar-refractivity contribution in [2.24, 2.45) is 11.7 Å². The van der Waals surface area contributed by atoms with Crippen LogP contribution in [0.25, 0.3) is 0 Å². The second kappa shape index (κ2) is 4.62. The largest absolute Gasteiger partial charge is 0.330 e. The predicted octanol–water partition coefficient (Wildman–Crippen LogP) is 1.14. The normalized spacial score (nSPS) is 20.6. The number of halogens is 2. The zero-order valence-corrected chi connectivity index (χ0v) is 10.6. The lowest BCUT2D eigenvalue weighted by atomic mass is 10.1. The minimum Gasteiger partial charge on any atom is -0.330 e. The quantitative estimate of drug-likeness (QED) is 0.651. The first-order chi connectivity index (χ1) is 7.61. The number of amides is 1. The van der Waals surface area contributed by atoms with Crippen molar-refractivity contribution in [1.29, 1.82) is 0 Å². The average Bonchev–Trinajstić information content (AvgIpc) is 2.64. The van der Waals surface area contributed by atoms with Crippen molar-refractivity contribution in [1.82, 2.24) is 4.98 Å². The molecule has 1 atom stereocenters. The summed E-state index contributed by atoms with van der Waals surface area (Å²) in [5.74, 6) is -0.0545. The summed E-state index contributed by atoms with van der Waals surface area (Å²) < 4.78 is 13.7. The number of anilines is 1. The van der Waals surface area contributed by atoms with Crippen LogP contribution in [0.4, 0.5) is 10.2 Å². The molecule has 1 amide bonds. The lowest BCUT2D eigenvalue weighted by molar-refractivity contribution is -0.117. The van der Waals surface area contributed by atoms with Gasteiger partial charge < -0.3 is 5.73 Å². The minimum atomic E-state index is -0.540. The van der Waals surface area contributed by atoms with Gasteiger partial charge in [-0.1, -0.05) is 0 Å². The third-order valence-electron chi connectivity index (χ3n) is 2.60. The number of pyridine rings is 1. The number of nitrogens with two attached hydrogens (primary N) is 1. The summed E-state index contributed by atoms with van der Waals surface area (Å²) in [5.41, 5.74) is 5.52. The summed E-state index contributed by atoms with van der Waals surface area (Å²) in [5, 5.41) is 0. The Morgan fingerprint density at radius 2 is 2.38 bits per heavy atom. The molecule has 0 aliphatic carbocycles. The number of carbonyl (C=O) groups is 1. The molecule has 0 bridgehead atoms. The van der Waals surface area contributed by atoms with Crippen molar-refractivity contribution in [2.75, 3.05) is 18.0 Å². The van der Waals surface area contributed by atoms with Crippen LogP contribution in [-0.4, -0.2) is 24.0 Å². The number of aromatic nitrogens is 1. The van der Waals surface area contributed by atoms with E-state index in [1.165, 1.54) is 4.90 Å². The van der Waals surface area contributed by atoms with E-state index in [4.69, 9.17) is 5.73 Å². The van der Waals surface area contributed by atoms with Crippen LogP contribution in [0, 0.1) is 15.4 Å². The summed E-state index contributed by atoms with van der Waals surface area (Å²) in [6.45, 7) is 0.997. The van der Waals surface area contributed by atoms with Gasteiger partial charge in [0.2, 0.25) is 11.9 Å². The van der Waals surface area contributed by atoms with E-state index in [0.29, 0.717) is 28.9 Å². The van der Waals surface area contributed by atoms with Crippen molar-refractivity contribution >= 4 is 34.3 Å². The van der Waals surface area contributed by atoms with E-state index >= 15 is 0 Å². The molecule has 1 saturated heterocycles. The molecule has 0 saturated carbocycles. The lowest BCUT2D eigenvalue weighted by Crippen LogP contribution is -2.26. The van der Waals surface area contributed by atoms with Gasteiger partial charge in [-0.05, 0) is 47.2 Å². The summed E-state index contributed by atoms with van der Waals surface area (Å²) in [6.07, 6.45) is 0.422. The molecule has 1 fully saturated rings. The molecule has 2 N–H and O–H groups in total. The van der Waals surface area contributed by atoms with Gasteiger partial charge in [-0.2, -0.15) is 4.39 Å². The maximum Gasteiger partial charge on any atom is 0.228 e. The van der Waals surface area contributed by atoms with Crippen molar-refractivity contribution in [3.8, 4) is 0 Å². The number of rotatable bonds is 2. The van der Waals surface area contributed by atoms with Gasteiger partial charge in [0.1, 0.15) is 5.82 Å². The van der Waals surface area contributed by atoms with Gasteiger partial charge in [-0.3, -0.25) is 9.69 Å². The monoisotopic (exact) mass is 335 g/mol. The van der Waals surface area contributed by atoms with E-state index in [1.807, 2.05) is 22.6 Å². The molecular formula is C10H11FIN3O. The SMILES string of the molecule is NCC1CC(=O)N(c2ccc(I)c(F)n2)C1. The molecule has 0 radical (unpaired) electrons. The number of hydrogen-bond donors (Lipinski definition) is 1. The number of carbonyl (C=O) groups excluding carboxylic acids is 1. The van der Waals surface area contributed by atoms with Gasteiger partial charge >= 0.3 is 0 Å². The van der Waals surface area contributed by atoms with Crippen LogP contribution in [-0.2, 0) is 4.79 Å². The Morgan fingerprint density at radius 3 is 2.94 bits per heavy atom. The van der Waals surface area contributed by atoms with Crippen LogP contribution >= 0.6 is 22.6 Å². The first-order valence-electron chi connectivity index (χ1n) is 4.94. The van der Waals surface area contributed by atoms with Crippen molar-refractivity contribution in [2.45, 2.75) is 6.42 Å². The van der Waals surface area contributed by atoms with Gasteiger partial charge in [-0.15, -0.1) is 0 Å². The lowest BCUT2D eigenvalue weighted by Gasteiger charge is -2.15. The molecule has 6 heteroatoms. The molecule has 1 aromatic heterocycles. The molecule has 1 unspecified atom stereocenters. The van der Waals surface area contributed by atoms with Crippen molar-refractivity contribution in [3.05, 3.63) is 21.7 Å². The zero-order valence-electron chi connectivity index (χ0n) is 8.49. The second-order valence-corrected chi connectivity index (χ2v) is 4.91. The molecule has 1 aliphatic rings. The molecule has 1 aromatic rings. The van der Waals surface area contributed by atoms with Crippen LogP contribution in [0.5, 0.6) is 0 Å². The van der Waals surface area contributed by atoms with Gasteiger partial charge in [0, 0.05) is 13.0 Å². The summed E-state index contributed by atoms with van der Waals surface area (Å²) in [7, 11) is 0. The van der Waals surface area contributed by atoms with E-state index < -0.39 is 5.95 Å². The molecule has 86 valence electrons. The highest BCUT2D eigenvalue weighted by Crippen LogP contribution is 2.23. The first kappa shape index (κ1) is 11.7. The zero-order chi connectivity index (χ0) is 11.7. The minimum absolute atomic E-state index is 0.0384. The van der Waals surface area contributed by atoms with Gasteiger partial charge in [0.05, 0.1) is 3.57 Å². The van der Waals surface area contributed by atoms with Crippen LogP contribution < -0.4 is 10.6 Å². The molecule has 0 aromatic carbocycles. The Hall–Kier alpha value is -0.760. The second-order valence-electron chi connectivity index (χ2n) is 3.75. The highest BCUT2D eigenvalue weighted by molar-refractivity contribution is 14.1. The van der Waals surface area contributed by atoms with Crippen molar-refractivity contribution < 1.29 is 9.18 Å². The molecule has 2 rings (SSSR count). The van der Waals surface area contributed by atoms with E-state index in [9.17, 15) is 9.18 Å². The van der Waals surface area contributed by atoms with Crippen LogP contribution in [0.3, 0.4) is 0 Å². The fourth-order valence-corrected chi connectivity index (χ4v) is 2.02. The smallest absolute Gasteiger partial charge is 0.228 e. The maximum absolute atomic E-state index is 13.3. The molecule has 1 aliphatic heterocycles. The molecule has 4 nitrogen and oxygen atoms in total. The maximum atomic E-state index is 13.3. The fraction of sp³-hybridized carbons (Fsp3) is 0.400. The predicted molar refractivity (Wildman–Crippen MR) is 66.4 cm³/mol. The van der Waals surface area contributed by atoms with Crippen molar-refractivity contribution in [3.63, 3.8) is 0 Å². The van der Waals surface area contributed by atoms with E-state index in [1.54, 1.807) is 12.1 Å². The van der Waals surface area contributed by atoms with E-state index in [-0.39, 0.29) is 11.8 Å². The van der Waals surface area contributed by atoms with E-state index in [0.717, 1.165) is 0 Å². The third-order valence-corrected chi connectivity index (χ3v) is 3.41. The Labute approximate surface area is 106 Å². The fourth-order valence-electron chi connectivity index (χ4n) is 1.72. The summed E-state index contributed by atoms with van der Waals surface area (Å²) in [4.78, 5) is 16.9. The topological polar surface area (TPSA) is 59.2 Å². The Morgan fingerprint density at radius 1 is 1.62 bits per heavy atom. The highest BCUT2D eigenvalue weighted by atomic mass is 127. The van der Waals surface area contributed by atoms with Gasteiger partial charge in [0.15, 0.2) is 0 Å².